The molecule has 1 amide bonds. The van der Waals surface area contributed by atoms with Crippen molar-refractivity contribution >= 4 is 23.2 Å². The number of halogens is 2. The lowest BCUT2D eigenvalue weighted by molar-refractivity contribution is 0.0987. The van der Waals surface area contributed by atoms with E-state index in [0.717, 1.165) is 4.90 Å². The van der Waals surface area contributed by atoms with E-state index in [0.29, 0.717) is 0 Å². The van der Waals surface area contributed by atoms with E-state index >= 15 is 0 Å². The Kier molecular flexibility index (Phi) is 3.53. The van der Waals surface area contributed by atoms with E-state index in [1.807, 2.05) is 0 Å². The van der Waals surface area contributed by atoms with Crippen molar-refractivity contribution in [3.8, 4) is 0 Å². The maximum Gasteiger partial charge on any atom is 0.278 e. The minimum atomic E-state index is -0.483. The first-order chi connectivity index (χ1) is 8.59. The van der Waals surface area contributed by atoms with E-state index in [2.05, 4.69) is 9.97 Å². The molecule has 2 aromatic rings. The highest BCUT2D eigenvalue weighted by Crippen LogP contribution is 2.18. The zero-order valence-corrected chi connectivity index (χ0v) is 10.2. The van der Waals surface area contributed by atoms with Gasteiger partial charge in [0.15, 0.2) is 0 Å². The first-order valence-corrected chi connectivity index (χ1v) is 5.47. The fourth-order valence-corrected chi connectivity index (χ4v) is 1.60. The first-order valence-electron chi connectivity index (χ1n) is 5.09. The highest BCUT2D eigenvalue weighted by molar-refractivity contribution is 6.29. The van der Waals surface area contributed by atoms with Gasteiger partial charge in [-0.1, -0.05) is 23.7 Å². The van der Waals surface area contributed by atoms with Crippen LogP contribution in [0.4, 0.5) is 10.1 Å². The molecule has 0 bridgehead atoms. The van der Waals surface area contributed by atoms with Crippen LogP contribution < -0.4 is 4.90 Å². The summed E-state index contributed by atoms with van der Waals surface area (Å²) >= 11 is 5.65. The largest absolute Gasteiger partial charge is 0.307 e. The predicted octanol–water partition coefficient (Wildman–Crippen LogP) is 2.55. The average molecular weight is 266 g/mol. The van der Waals surface area contributed by atoms with Crippen molar-refractivity contribution in [1.29, 1.82) is 0 Å². The molecule has 92 valence electrons. The second-order valence-corrected chi connectivity index (χ2v) is 3.93. The molecular weight excluding hydrogens is 257 g/mol. The van der Waals surface area contributed by atoms with Gasteiger partial charge in [0.2, 0.25) is 0 Å². The third kappa shape index (κ3) is 2.46. The number of carbonyl (C=O) groups is 1. The van der Waals surface area contributed by atoms with E-state index in [1.54, 1.807) is 12.1 Å². The minimum absolute atomic E-state index is 0.0632. The van der Waals surface area contributed by atoms with Crippen molar-refractivity contribution in [2.75, 3.05) is 11.9 Å². The normalized spacial score (nSPS) is 10.2. The number of nitrogens with zero attached hydrogens (tertiary/aromatic N) is 3. The molecule has 0 saturated heterocycles. The predicted molar refractivity (Wildman–Crippen MR) is 66.2 cm³/mol. The van der Waals surface area contributed by atoms with Gasteiger partial charge in [0.25, 0.3) is 5.91 Å². The van der Waals surface area contributed by atoms with Crippen molar-refractivity contribution in [2.24, 2.45) is 0 Å². The Morgan fingerprint density at radius 3 is 2.72 bits per heavy atom. The lowest BCUT2D eigenvalue weighted by atomic mass is 10.2. The molecular formula is C12H9ClFN3O. The summed E-state index contributed by atoms with van der Waals surface area (Å²) in [5.74, 6) is -0.960. The van der Waals surface area contributed by atoms with E-state index in [1.165, 1.54) is 31.6 Å². The molecule has 4 nitrogen and oxygen atoms in total. The molecule has 0 unspecified atom stereocenters. The van der Waals surface area contributed by atoms with Crippen molar-refractivity contribution < 1.29 is 9.18 Å². The van der Waals surface area contributed by atoms with Crippen LogP contribution in [0.1, 0.15) is 10.5 Å². The van der Waals surface area contributed by atoms with Crippen LogP contribution in [-0.4, -0.2) is 22.9 Å². The van der Waals surface area contributed by atoms with Crippen molar-refractivity contribution in [2.45, 2.75) is 0 Å². The summed E-state index contributed by atoms with van der Waals surface area (Å²) in [6, 6.07) is 5.98. The molecule has 0 spiro atoms. The monoisotopic (exact) mass is 265 g/mol. The first kappa shape index (κ1) is 12.4. The number of carbonyl (C=O) groups excluding carboxylic acids is 1. The average Bonchev–Trinajstić information content (AvgIpc) is 2.37. The van der Waals surface area contributed by atoms with E-state index < -0.39 is 11.7 Å². The van der Waals surface area contributed by atoms with Crippen LogP contribution in [0.15, 0.2) is 36.7 Å². The molecule has 6 heteroatoms. The molecule has 2 rings (SSSR count). The topological polar surface area (TPSA) is 46.1 Å². The summed E-state index contributed by atoms with van der Waals surface area (Å²) in [4.78, 5) is 20.8. The summed E-state index contributed by atoms with van der Waals surface area (Å²) < 4.78 is 13.5. The Labute approximate surface area is 108 Å². The van der Waals surface area contributed by atoms with E-state index in [-0.39, 0.29) is 16.5 Å². The van der Waals surface area contributed by atoms with E-state index in [4.69, 9.17) is 11.6 Å². The summed E-state index contributed by atoms with van der Waals surface area (Å²) in [5.41, 5.74) is 0.234. The van der Waals surface area contributed by atoms with Crippen LogP contribution in [0.5, 0.6) is 0 Å². The van der Waals surface area contributed by atoms with Crippen LogP contribution in [0, 0.1) is 5.82 Å². The zero-order chi connectivity index (χ0) is 13.1. The molecule has 0 aliphatic heterocycles. The zero-order valence-electron chi connectivity index (χ0n) is 9.47. The number of hydrogen-bond acceptors (Lipinski definition) is 3. The van der Waals surface area contributed by atoms with Crippen LogP contribution >= 0.6 is 11.6 Å². The van der Waals surface area contributed by atoms with Crippen molar-refractivity contribution in [3.63, 3.8) is 0 Å². The molecule has 0 fully saturated rings. The van der Waals surface area contributed by atoms with Gasteiger partial charge < -0.3 is 4.90 Å². The number of anilines is 1. The Hall–Kier alpha value is -2.01. The lowest BCUT2D eigenvalue weighted by Gasteiger charge is -2.17. The number of aromatic nitrogens is 2. The van der Waals surface area contributed by atoms with Crippen molar-refractivity contribution in [1.82, 2.24) is 9.97 Å². The summed E-state index contributed by atoms with van der Waals surface area (Å²) in [6.07, 6.45) is 2.60. The van der Waals surface area contributed by atoms with Gasteiger partial charge in [0.05, 0.1) is 18.1 Å². The number of amides is 1. The van der Waals surface area contributed by atoms with Crippen LogP contribution in [0.2, 0.25) is 5.15 Å². The van der Waals surface area contributed by atoms with Gasteiger partial charge in [-0.05, 0) is 12.1 Å². The Balaban J connectivity index is 2.32. The fourth-order valence-electron chi connectivity index (χ4n) is 1.45. The second kappa shape index (κ2) is 5.10. The molecule has 0 aliphatic carbocycles. The Bertz CT molecular complexity index is 591. The minimum Gasteiger partial charge on any atom is -0.307 e. The number of hydrogen-bond donors (Lipinski definition) is 0. The number of para-hydroxylation sites is 1. The lowest BCUT2D eigenvalue weighted by Crippen LogP contribution is -2.28. The third-order valence-corrected chi connectivity index (χ3v) is 2.52. The van der Waals surface area contributed by atoms with Gasteiger partial charge in [-0.3, -0.25) is 9.78 Å². The van der Waals surface area contributed by atoms with Crippen molar-refractivity contribution in [3.05, 3.63) is 53.3 Å². The molecule has 18 heavy (non-hydrogen) atoms. The molecule has 1 heterocycles. The molecule has 0 radical (unpaired) electrons. The van der Waals surface area contributed by atoms with Gasteiger partial charge in [-0.2, -0.15) is 0 Å². The van der Waals surface area contributed by atoms with Gasteiger partial charge in [0, 0.05) is 7.05 Å². The van der Waals surface area contributed by atoms with Gasteiger partial charge >= 0.3 is 0 Å². The number of rotatable bonds is 2. The second-order valence-electron chi connectivity index (χ2n) is 3.54. The highest BCUT2D eigenvalue weighted by atomic mass is 35.5. The van der Waals surface area contributed by atoms with Crippen LogP contribution in [0.3, 0.4) is 0 Å². The SMILES string of the molecule is CN(C(=O)c1cncc(Cl)n1)c1ccccc1F. The van der Waals surface area contributed by atoms with Gasteiger partial charge in [0.1, 0.15) is 16.7 Å². The quantitative estimate of drug-likeness (QED) is 0.838. The highest BCUT2D eigenvalue weighted by Gasteiger charge is 2.17. The molecule has 0 saturated carbocycles. The summed E-state index contributed by atoms with van der Waals surface area (Å²) in [6.45, 7) is 0. The Morgan fingerprint density at radius 1 is 1.33 bits per heavy atom. The maximum absolute atomic E-state index is 13.5. The molecule has 0 N–H and O–H groups in total. The fraction of sp³-hybridized carbons (Fsp3) is 0.0833. The van der Waals surface area contributed by atoms with Gasteiger partial charge in [-0.25, -0.2) is 9.37 Å². The molecule has 1 aromatic heterocycles. The van der Waals surface area contributed by atoms with E-state index in [9.17, 15) is 9.18 Å². The maximum atomic E-state index is 13.5. The summed E-state index contributed by atoms with van der Waals surface area (Å²) in [7, 11) is 1.46. The third-order valence-electron chi connectivity index (χ3n) is 2.34. The Morgan fingerprint density at radius 2 is 2.06 bits per heavy atom. The summed E-state index contributed by atoms with van der Waals surface area (Å²) in [5, 5.41) is 0.114. The standard InChI is InChI=1S/C12H9ClFN3O/c1-17(10-5-3-2-4-8(10)14)12(18)9-6-15-7-11(13)16-9/h2-7H,1H3. The van der Waals surface area contributed by atoms with Gasteiger partial charge in [-0.15, -0.1) is 0 Å². The van der Waals surface area contributed by atoms with Crippen LogP contribution in [-0.2, 0) is 0 Å². The smallest absolute Gasteiger partial charge is 0.278 e. The molecule has 0 aliphatic rings. The molecule has 1 aromatic carbocycles. The number of benzene rings is 1. The molecule has 0 atom stereocenters. The van der Waals surface area contributed by atoms with Crippen LogP contribution in [0.25, 0.3) is 0 Å².